The van der Waals surface area contributed by atoms with Crippen molar-refractivity contribution in [2.75, 3.05) is 0 Å². The van der Waals surface area contributed by atoms with E-state index in [-0.39, 0.29) is 42.0 Å². The maximum atomic E-state index is 2.46. The fourth-order valence-electron chi connectivity index (χ4n) is 0. The van der Waals surface area contributed by atoms with Crippen LogP contribution in [0, 0.1) is 0 Å². The topological polar surface area (TPSA) is 0 Å². The van der Waals surface area contributed by atoms with E-state index in [1.807, 2.05) is 0 Å². The van der Waals surface area contributed by atoms with Crippen LogP contribution in [0.5, 0.6) is 0 Å². The van der Waals surface area contributed by atoms with Crippen molar-refractivity contribution >= 4 is 59.9 Å². The smallest absolute Gasteiger partial charge is 0 e. The number of hydrogen-bond donors (Lipinski definition) is 0. The molecule has 0 aliphatic heterocycles. The summed E-state index contributed by atoms with van der Waals surface area (Å²) in [5.41, 5.74) is 0. The average molecular weight is 534 g/mol. The first-order chi connectivity index (χ1) is 1.73. The van der Waals surface area contributed by atoms with E-state index in [9.17, 15) is 0 Å². The summed E-state index contributed by atoms with van der Waals surface area (Å²) in [6, 6.07) is 0. The monoisotopic (exact) mass is 534 g/mol. The molecule has 0 heterocycles. The fourth-order valence-corrected chi connectivity index (χ4v) is 0. The van der Waals surface area contributed by atoms with Crippen LogP contribution in [0.2, 0.25) is 0 Å². The van der Waals surface area contributed by atoms with Gasteiger partial charge >= 0.3 is 64.9 Å². The minimum atomic E-state index is -0.278. The molecule has 0 aromatic rings. The summed E-state index contributed by atoms with van der Waals surface area (Å²) in [6.45, 7) is 0. The van der Waals surface area contributed by atoms with Crippen molar-refractivity contribution in [3.63, 3.8) is 0 Å². The molecular weight excluding hydrogens is 534 g/mol. The van der Waals surface area contributed by atoms with Gasteiger partial charge in [-0.25, -0.2) is 0 Å². The van der Waals surface area contributed by atoms with Crippen molar-refractivity contribution in [3.05, 3.63) is 0 Å². The van der Waals surface area contributed by atoms with E-state index in [0.717, 1.165) is 0 Å². The van der Waals surface area contributed by atoms with Gasteiger partial charge in [0.05, 0.1) is 0 Å². The predicted molar refractivity (Wildman–Crippen MR) is 42.1 cm³/mol. The summed E-state index contributed by atoms with van der Waals surface area (Å²) >= 11 is 7.39. The largest absolute Gasteiger partial charge is 0 e. The van der Waals surface area contributed by atoms with Crippen LogP contribution in [0.3, 0.4) is 0 Å². The van der Waals surface area contributed by atoms with Crippen molar-refractivity contribution in [2.24, 2.45) is 0 Å². The minimum Gasteiger partial charge on any atom is 0 e. The molecule has 0 bridgehead atoms. The number of hydrogen-bond acceptors (Lipinski definition) is 0. The third-order valence-corrected chi connectivity index (χ3v) is 0. The second-order valence-electron chi connectivity index (χ2n) is 0.192. The van der Waals surface area contributed by atoms with Gasteiger partial charge in [-0.15, -0.1) is 0 Å². The molecule has 0 spiro atoms. The molecule has 6 heavy (non-hydrogen) atoms. The summed E-state index contributed by atoms with van der Waals surface area (Å²) in [6.07, 6.45) is 0. The third kappa shape index (κ3) is 24.6. The first-order valence-electron chi connectivity index (χ1n) is 0.507. The van der Waals surface area contributed by atoms with Crippen molar-refractivity contribution in [2.45, 2.75) is 0 Å². The molecule has 36 valence electrons. The van der Waals surface area contributed by atoms with Crippen molar-refractivity contribution in [3.8, 4) is 0 Å². The predicted octanol–water partition coefficient (Wildman–Crippen LogP) is 2.65. The zero-order valence-corrected chi connectivity index (χ0v) is 13.1. The van der Waals surface area contributed by atoms with Crippen LogP contribution in [0.15, 0.2) is 0 Å². The van der Waals surface area contributed by atoms with Gasteiger partial charge in [0.25, 0.3) is 0 Å². The van der Waals surface area contributed by atoms with E-state index in [1.165, 1.54) is 0 Å². The second kappa shape index (κ2) is 11.7. The van der Waals surface area contributed by atoms with Gasteiger partial charge in [-0.1, -0.05) is 0 Å². The first kappa shape index (κ1) is 16.5. The summed E-state index contributed by atoms with van der Waals surface area (Å²) in [5.74, 6) is 0. The number of rotatable bonds is 0. The third-order valence-electron chi connectivity index (χ3n) is 0. The van der Waals surface area contributed by atoms with E-state index < -0.39 is 0 Å². The molecule has 0 saturated carbocycles. The molecule has 0 atom stereocenters. The van der Waals surface area contributed by atoms with E-state index in [4.69, 9.17) is 0 Å². The molecular formula is I3V3. The van der Waals surface area contributed by atoms with Gasteiger partial charge < -0.3 is 0 Å². The molecule has 0 N–H and O–H groups in total. The molecule has 0 nitrogen and oxygen atoms in total. The summed E-state index contributed by atoms with van der Waals surface area (Å²) in [5, 5.41) is 0. The van der Waals surface area contributed by atoms with Gasteiger partial charge in [-0.3, -0.25) is 0 Å². The summed E-state index contributed by atoms with van der Waals surface area (Å²) in [7, 11) is 0. The van der Waals surface area contributed by atoms with Crippen LogP contribution >= 0.6 is 59.9 Å². The molecule has 6 heteroatoms. The first-order valence-corrected chi connectivity index (χ1v) is 14.0. The Labute approximate surface area is 99.2 Å². The van der Waals surface area contributed by atoms with Crippen molar-refractivity contribution < 1.29 is 42.0 Å². The molecule has 0 saturated heterocycles. The molecule has 0 aromatic carbocycles. The van der Waals surface area contributed by atoms with Gasteiger partial charge in [-0.2, -0.15) is 0 Å². The normalized spacial score (nSPS) is 6.00. The maximum Gasteiger partial charge on any atom is 0 e. The summed E-state index contributed by atoms with van der Waals surface area (Å²) < 4.78 is 0. The van der Waals surface area contributed by atoms with Crippen LogP contribution in [0.1, 0.15) is 0 Å². The van der Waals surface area contributed by atoms with Gasteiger partial charge in [-0.05, 0) is 0 Å². The molecule has 0 amide bonds. The van der Waals surface area contributed by atoms with Gasteiger partial charge in [0.1, 0.15) is 0 Å². The van der Waals surface area contributed by atoms with Crippen LogP contribution < -0.4 is 0 Å². The van der Waals surface area contributed by atoms with E-state index in [0.29, 0.717) is 0 Å². The Morgan fingerprint density at radius 2 is 0.833 bits per heavy atom. The molecule has 2 radical (unpaired) electrons. The summed E-state index contributed by atoms with van der Waals surface area (Å²) in [4.78, 5) is -0.278. The zero-order chi connectivity index (χ0) is 3.58. The molecule has 0 rings (SSSR count). The fraction of sp³-hybridized carbons (Fsp3) is 0. The molecule has 0 aromatic heterocycles. The minimum absolute atomic E-state index is 0. The Morgan fingerprint density at radius 1 is 0.833 bits per heavy atom. The van der Waals surface area contributed by atoms with Gasteiger partial charge in [0, 0.05) is 37.1 Å². The Bertz CT molecular complexity index is 10.8. The number of halogens is 3. The van der Waals surface area contributed by atoms with Crippen LogP contribution in [0.4, 0.5) is 0 Å². The van der Waals surface area contributed by atoms with Crippen molar-refractivity contribution in [1.82, 2.24) is 0 Å². The Kier molecular flexibility index (Phi) is 32.2. The molecule has 0 unspecified atom stereocenters. The Balaban J connectivity index is -0.0000000450. The van der Waals surface area contributed by atoms with Crippen molar-refractivity contribution in [1.29, 1.82) is 0 Å². The van der Waals surface area contributed by atoms with Crippen LogP contribution in [-0.4, -0.2) is 0 Å². The van der Waals surface area contributed by atoms with E-state index >= 15 is 0 Å². The second-order valence-corrected chi connectivity index (χ2v) is 35.6. The van der Waals surface area contributed by atoms with E-state index in [2.05, 4.69) is 59.9 Å². The average Bonchev–Trinajstić information content (AvgIpc) is 0.811. The zero-order valence-electron chi connectivity index (χ0n) is 2.48. The standard InChI is InChI=1S/3HI.3V/h3*1H;;;/q;;;;;+3/p-3. The molecule has 0 aliphatic rings. The Morgan fingerprint density at radius 3 is 0.833 bits per heavy atom. The van der Waals surface area contributed by atoms with Crippen LogP contribution in [-0.2, 0) is 42.0 Å². The SMILES string of the molecule is [I][V]([I])[I].[V].[V]. The Hall–Kier alpha value is 3.94. The maximum absolute atomic E-state index is 2.46. The molecule has 0 aliphatic carbocycles. The van der Waals surface area contributed by atoms with Gasteiger partial charge in [0.2, 0.25) is 0 Å². The van der Waals surface area contributed by atoms with Gasteiger partial charge in [0.15, 0.2) is 0 Å². The van der Waals surface area contributed by atoms with Crippen LogP contribution in [0.25, 0.3) is 0 Å². The molecule has 0 fully saturated rings. The van der Waals surface area contributed by atoms with E-state index in [1.54, 1.807) is 0 Å². The quantitative estimate of drug-likeness (QED) is 0.421.